The molecule has 0 fully saturated rings. The fourth-order valence-corrected chi connectivity index (χ4v) is 3.91. The number of ketones is 1. The molecule has 0 spiro atoms. The highest BCUT2D eigenvalue weighted by atomic mass is 16.8. The first-order valence-electron chi connectivity index (χ1n) is 10.3. The normalized spacial score (nSPS) is 17.1. The summed E-state index contributed by atoms with van der Waals surface area (Å²) in [6.45, 7) is 2.99. The van der Waals surface area contributed by atoms with Gasteiger partial charge in [-0.25, -0.2) is 4.79 Å². The molecule has 6 nitrogen and oxygen atoms in total. The largest absolute Gasteiger partial charge is 0.575 e. The smallest absolute Gasteiger partial charge is 0.338 e. The van der Waals surface area contributed by atoms with Gasteiger partial charge in [0.15, 0.2) is 18.2 Å². The second kappa shape index (κ2) is 8.67. The van der Waals surface area contributed by atoms with E-state index in [1.54, 1.807) is 77.6 Å². The summed E-state index contributed by atoms with van der Waals surface area (Å²) in [6.07, 6.45) is 3.48. The van der Waals surface area contributed by atoms with Crippen molar-refractivity contribution in [1.29, 1.82) is 0 Å². The number of aromatic nitrogens is 1. The van der Waals surface area contributed by atoms with E-state index in [9.17, 15) is 14.7 Å². The Labute approximate surface area is 186 Å². The molecule has 0 aliphatic carbocycles. The number of ether oxygens (including phenoxy) is 2. The van der Waals surface area contributed by atoms with Crippen LogP contribution in [0.5, 0.6) is 0 Å². The molecule has 1 aromatic heterocycles. The SMILES string of the molecule is CC1(C)OC(=O)C(C(c2ccccc2)C(C(=O)c2ccccc2)[n+]2ccccc2)=C([O-])O1. The van der Waals surface area contributed by atoms with Gasteiger partial charge in [0.05, 0.1) is 17.4 Å². The van der Waals surface area contributed by atoms with Gasteiger partial charge in [0, 0.05) is 17.7 Å². The van der Waals surface area contributed by atoms with Gasteiger partial charge < -0.3 is 14.6 Å². The first-order valence-corrected chi connectivity index (χ1v) is 10.3. The van der Waals surface area contributed by atoms with E-state index in [1.165, 1.54) is 13.8 Å². The molecule has 4 rings (SSSR count). The quantitative estimate of drug-likeness (QED) is 0.342. The lowest BCUT2D eigenvalue weighted by Gasteiger charge is -2.41. The third-order valence-corrected chi connectivity index (χ3v) is 5.29. The Hall–Kier alpha value is -3.93. The van der Waals surface area contributed by atoms with Gasteiger partial charge in [-0.1, -0.05) is 66.7 Å². The van der Waals surface area contributed by atoms with Gasteiger partial charge in [0.1, 0.15) is 0 Å². The minimum Gasteiger partial charge on any atom is -0.575 e. The van der Waals surface area contributed by atoms with Crippen LogP contribution >= 0.6 is 0 Å². The minimum absolute atomic E-state index is 0.207. The summed E-state index contributed by atoms with van der Waals surface area (Å²) in [5.41, 5.74) is 0.885. The van der Waals surface area contributed by atoms with Gasteiger partial charge in [-0.05, 0) is 19.4 Å². The van der Waals surface area contributed by atoms with Crippen LogP contribution in [0.4, 0.5) is 0 Å². The van der Waals surface area contributed by atoms with Crippen LogP contribution in [0.25, 0.3) is 0 Å². The highest BCUT2D eigenvalue weighted by molar-refractivity contribution is 6.01. The van der Waals surface area contributed by atoms with Crippen molar-refractivity contribution in [1.82, 2.24) is 0 Å². The average Bonchev–Trinajstić information content (AvgIpc) is 2.79. The first kappa shape index (κ1) is 21.3. The molecule has 2 aromatic carbocycles. The van der Waals surface area contributed by atoms with Crippen LogP contribution in [0.1, 0.15) is 41.7 Å². The van der Waals surface area contributed by atoms with Crippen LogP contribution in [0.15, 0.2) is 103 Å². The predicted molar refractivity (Wildman–Crippen MR) is 114 cm³/mol. The number of hydrogen-bond donors (Lipinski definition) is 0. The summed E-state index contributed by atoms with van der Waals surface area (Å²) >= 11 is 0. The van der Waals surface area contributed by atoms with E-state index in [0.717, 1.165) is 0 Å². The molecule has 0 amide bonds. The van der Waals surface area contributed by atoms with Crippen LogP contribution in [-0.4, -0.2) is 17.5 Å². The summed E-state index contributed by atoms with van der Waals surface area (Å²) in [5, 5.41) is 13.0. The molecule has 32 heavy (non-hydrogen) atoms. The number of hydrogen-bond acceptors (Lipinski definition) is 5. The van der Waals surface area contributed by atoms with Crippen molar-refractivity contribution in [3.8, 4) is 0 Å². The summed E-state index contributed by atoms with van der Waals surface area (Å²) in [4.78, 5) is 26.9. The highest BCUT2D eigenvalue weighted by Crippen LogP contribution is 2.39. The Morgan fingerprint density at radius 3 is 2.03 bits per heavy atom. The van der Waals surface area contributed by atoms with Gasteiger partial charge in [-0.2, -0.15) is 4.57 Å². The Kier molecular flexibility index (Phi) is 5.77. The number of benzene rings is 2. The van der Waals surface area contributed by atoms with Crippen molar-refractivity contribution < 1.29 is 28.7 Å². The minimum atomic E-state index is -1.38. The Morgan fingerprint density at radius 1 is 0.875 bits per heavy atom. The zero-order chi connectivity index (χ0) is 22.7. The number of carbonyl (C=O) groups excluding carboxylic acids is 2. The Bertz CT molecular complexity index is 1140. The number of carbonyl (C=O) groups is 2. The molecular formula is C26H23NO5. The maximum Gasteiger partial charge on any atom is 0.338 e. The van der Waals surface area contributed by atoms with Crippen molar-refractivity contribution in [2.75, 3.05) is 0 Å². The maximum atomic E-state index is 13.8. The van der Waals surface area contributed by atoms with Gasteiger partial charge in [0.2, 0.25) is 11.8 Å². The number of pyridine rings is 1. The fraction of sp³-hybridized carbons (Fsp3) is 0.192. The van der Waals surface area contributed by atoms with Gasteiger partial charge in [-0.15, -0.1) is 0 Å². The molecule has 3 aromatic rings. The number of nitrogens with zero attached hydrogens (tertiary/aromatic N) is 1. The standard InChI is InChI=1S/C26H23NO5/c1-26(2)31-24(29)21(25(30)32-26)20(18-12-6-3-7-13-18)22(27-16-10-5-11-17-27)23(28)19-14-8-4-9-15-19/h3-17,20,22H,1-2H3. The van der Waals surface area contributed by atoms with Crippen LogP contribution in [0.2, 0.25) is 0 Å². The van der Waals surface area contributed by atoms with Crippen LogP contribution in [-0.2, 0) is 14.3 Å². The second-order valence-electron chi connectivity index (χ2n) is 7.98. The van der Waals surface area contributed by atoms with E-state index in [1.807, 2.05) is 18.2 Å². The molecule has 1 aliphatic heterocycles. The first-order chi connectivity index (χ1) is 15.4. The number of cyclic esters (lactones) is 1. The van der Waals surface area contributed by atoms with Crippen molar-refractivity contribution in [2.24, 2.45) is 0 Å². The molecular weight excluding hydrogens is 406 g/mol. The molecule has 6 heteroatoms. The van der Waals surface area contributed by atoms with E-state index >= 15 is 0 Å². The molecule has 0 N–H and O–H groups in total. The van der Waals surface area contributed by atoms with Gasteiger partial charge in [0.25, 0.3) is 0 Å². The van der Waals surface area contributed by atoms with Crippen LogP contribution in [0.3, 0.4) is 0 Å². The zero-order valence-electron chi connectivity index (χ0n) is 17.8. The molecule has 2 atom stereocenters. The third kappa shape index (κ3) is 4.25. The lowest BCUT2D eigenvalue weighted by Crippen LogP contribution is -2.50. The second-order valence-corrected chi connectivity index (χ2v) is 7.98. The number of esters is 1. The fourth-order valence-electron chi connectivity index (χ4n) is 3.91. The lowest BCUT2D eigenvalue weighted by atomic mass is 9.80. The average molecular weight is 429 g/mol. The predicted octanol–water partition coefficient (Wildman–Crippen LogP) is 3.06. The van der Waals surface area contributed by atoms with Crippen molar-refractivity contribution >= 4 is 11.8 Å². The van der Waals surface area contributed by atoms with Gasteiger partial charge >= 0.3 is 5.97 Å². The summed E-state index contributed by atoms with van der Waals surface area (Å²) < 4.78 is 12.5. The third-order valence-electron chi connectivity index (χ3n) is 5.29. The molecule has 0 bridgehead atoms. The van der Waals surface area contributed by atoms with E-state index in [4.69, 9.17) is 9.47 Å². The maximum absolute atomic E-state index is 13.8. The molecule has 2 heterocycles. The van der Waals surface area contributed by atoms with Crippen molar-refractivity contribution in [2.45, 2.75) is 31.6 Å². The van der Waals surface area contributed by atoms with E-state index < -0.39 is 29.7 Å². The molecule has 1 aliphatic rings. The van der Waals surface area contributed by atoms with E-state index in [-0.39, 0.29) is 11.4 Å². The molecule has 0 saturated heterocycles. The molecule has 0 saturated carbocycles. The van der Waals surface area contributed by atoms with Crippen molar-refractivity contribution in [3.05, 3.63) is 114 Å². The molecule has 162 valence electrons. The summed E-state index contributed by atoms with van der Waals surface area (Å²) in [7, 11) is 0. The number of rotatable bonds is 6. The van der Waals surface area contributed by atoms with E-state index in [2.05, 4.69) is 0 Å². The summed E-state index contributed by atoms with van der Waals surface area (Å²) in [5.74, 6) is -4.12. The highest BCUT2D eigenvalue weighted by Gasteiger charge is 2.45. The zero-order valence-corrected chi connectivity index (χ0v) is 17.8. The van der Waals surface area contributed by atoms with Crippen LogP contribution in [0, 0.1) is 0 Å². The molecule has 0 radical (unpaired) electrons. The van der Waals surface area contributed by atoms with Crippen LogP contribution < -0.4 is 9.67 Å². The summed E-state index contributed by atoms with van der Waals surface area (Å²) in [6, 6.07) is 22.3. The monoisotopic (exact) mass is 429 g/mol. The lowest BCUT2D eigenvalue weighted by molar-refractivity contribution is -0.710. The Morgan fingerprint density at radius 2 is 1.44 bits per heavy atom. The topological polar surface area (TPSA) is 79.5 Å². The number of Topliss-reactive ketones (excluding diaryl/α,β-unsaturated/α-hetero) is 1. The van der Waals surface area contributed by atoms with E-state index in [0.29, 0.717) is 11.1 Å². The van der Waals surface area contributed by atoms with Crippen molar-refractivity contribution in [3.63, 3.8) is 0 Å². The van der Waals surface area contributed by atoms with Gasteiger partial charge in [-0.3, -0.25) is 4.79 Å². The Balaban J connectivity index is 1.95. The molecule has 2 unspecified atom stereocenters.